The Kier molecular flexibility index (Phi) is 15.2. The Balaban J connectivity index is 3.32. The molecule has 0 saturated carbocycles. The van der Waals surface area contributed by atoms with Crippen LogP contribution in [-0.4, -0.2) is 37.4 Å². The predicted molar refractivity (Wildman–Crippen MR) is 96.5 cm³/mol. The average molecular weight is 341 g/mol. The highest BCUT2D eigenvalue weighted by molar-refractivity contribution is 5.77. The fourth-order valence-corrected chi connectivity index (χ4v) is 2.20. The van der Waals surface area contributed by atoms with Crippen LogP contribution in [0, 0.1) is 0 Å². The van der Waals surface area contributed by atoms with Crippen molar-refractivity contribution in [3.05, 3.63) is 0 Å². The summed E-state index contributed by atoms with van der Waals surface area (Å²) in [5.74, 6) is 0.247. The highest BCUT2D eigenvalue weighted by Crippen LogP contribution is 2.01. The molecule has 0 radical (unpaired) electrons. The van der Waals surface area contributed by atoms with Crippen LogP contribution >= 0.6 is 0 Å². The zero-order valence-corrected chi connectivity index (χ0v) is 15.4. The highest BCUT2D eigenvalue weighted by Gasteiger charge is 2.03. The summed E-state index contributed by atoms with van der Waals surface area (Å²) in [5, 5.41) is 8.60. The molecule has 24 heavy (non-hydrogen) atoms. The van der Waals surface area contributed by atoms with Gasteiger partial charge in [-0.05, 0) is 32.1 Å². The second-order valence-corrected chi connectivity index (χ2v) is 6.02. The fourth-order valence-electron chi connectivity index (χ4n) is 2.20. The average Bonchev–Trinajstić information content (AvgIpc) is 2.58. The van der Waals surface area contributed by atoms with Gasteiger partial charge in [-0.2, -0.15) is 0 Å². The van der Waals surface area contributed by atoms with Crippen molar-refractivity contribution in [3.8, 4) is 0 Å². The lowest BCUT2D eigenvalue weighted by Crippen LogP contribution is -2.25. The van der Waals surface area contributed by atoms with Crippen molar-refractivity contribution in [2.45, 2.75) is 78.1 Å². The van der Waals surface area contributed by atoms with Gasteiger partial charge in [0.05, 0.1) is 0 Å². The molecule has 0 aromatic rings. The van der Waals surface area contributed by atoms with E-state index < -0.39 is 0 Å². The quantitative estimate of drug-likeness (QED) is 0.399. The van der Waals surface area contributed by atoms with Gasteiger partial charge in [-0.25, -0.2) is 0 Å². The Morgan fingerprint density at radius 3 is 1.50 bits per heavy atom. The van der Waals surface area contributed by atoms with Gasteiger partial charge in [0, 0.05) is 38.9 Å². The normalized spacial score (nSPS) is 10.2. The van der Waals surface area contributed by atoms with Crippen LogP contribution < -0.4 is 16.0 Å². The molecule has 0 atom stereocenters. The lowest BCUT2D eigenvalue weighted by Gasteiger charge is -2.06. The van der Waals surface area contributed by atoms with Crippen LogP contribution in [0.2, 0.25) is 0 Å². The van der Waals surface area contributed by atoms with Crippen molar-refractivity contribution in [1.82, 2.24) is 16.0 Å². The molecular weight excluding hydrogens is 306 g/mol. The number of carbonyl (C=O) groups excluding carboxylic acids is 3. The summed E-state index contributed by atoms with van der Waals surface area (Å²) in [6.07, 6.45) is 8.05. The molecule has 0 aliphatic rings. The van der Waals surface area contributed by atoms with Crippen LogP contribution in [0.3, 0.4) is 0 Å². The molecule has 0 fully saturated rings. The zero-order chi connectivity index (χ0) is 18.0. The second kappa shape index (κ2) is 16.3. The monoisotopic (exact) mass is 341 g/mol. The van der Waals surface area contributed by atoms with Crippen molar-refractivity contribution in [1.29, 1.82) is 0 Å². The van der Waals surface area contributed by atoms with Gasteiger partial charge in [-0.3, -0.25) is 14.4 Å². The Hall–Kier alpha value is -1.59. The zero-order valence-electron chi connectivity index (χ0n) is 15.4. The number of carbonyl (C=O) groups is 3. The molecular formula is C18H35N3O3. The van der Waals surface area contributed by atoms with Crippen molar-refractivity contribution in [3.63, 3.8) is 0 Å². The van der Waals surface area contributed by atoms with Crippen molar-refractivity contribution in [2.75, 3.05) is 19.6 Å². The summed E-state index contributed by atoms with van der Waals surface area (Å²) in [7, 11) is 0. The third kappa shape index (κ3) is 15.3. The third-order valence-corrected chi connectivity index (χ3v) is 3.70. The molecule has 6 nitrogen and oxygen atoms in total. The van der Waals surface area contributed by atoms with Gasteiger partial charge < -0.3 is 16.0 Å². The minimum Gasteiger partial charge on any atom is -0.356 e. The second-order valence-electron chi connectivity index (χ2n) is 6.02. The molecule has 3 N–H and O–H groups in total. The number of nitrogens with one attached hydrogen (secondary N) is 3. The third-order valence-electron chi connectivity index (χ3n) is 3.70. The van der Waals surface area contributed by atoms with E-state index in [-0.39, 0.29) is 17.7 Å². The summed E-state index contributed by atoms with van der Waals surface area (Å²) in [4.78, 5) is 34.1. The van der Waals surface area contributed by atoms with E-state index in [9.17, 15) is 14.4 Å². The molecule has 0 spiro atoms. The number of rotatable bonds is 15. The van der Waals surface area contributed by atoms with Gasteiger partial charge in [0.15, 0.2) is 0 Å². The number of amides is 3. The molecule has 0 bridgehead atoms. The van der Waals surface area contributed by atoms with E-state index in [2.05, 4.69) is 16.0 Å². The summed E-state index contributed by atoms with van der Waals surface area (Å²) < 4.78 is 0. The first-order chi connectivity index (χ1) is 11.6. The molecule has 0 unspecified atom stereocenters. The molecule has 140 valence electrons. The van der Waals surface area contributed by atoms with Crippen LogP contribution in [0.4, 0.5) is 0 Å². The Morgan fingerprint density at radius 1 is 0.583 bits per heavy atom. The highest BCUT2D eigenvalue weighted by atomic mass is 16.2. The maximum Gasteiger partial charge on any atom is 0.219 e. The molecule has 0 aromatic carbocycles. The first-order valence-electron chi connectivity index (χ1n) is 9.40. The molecule has 0 aliphatic heterocycles. The maximum atomic E-state index is 11.6. The summed E-state index contributed by atoms with van der Waals surface area (Å²) >= 11 is 0. The predicted octanol–water partition coefficient (Wildman–Crippen LogP) is 2.28. The van der Waals surface area contributed by atoms with Gasteiger partial charge in [-0.1, -0.05) is 26.7 Å². The van der Waals surface area contributed by atoms with Crippen LogP contribution in [0.1, 0.15) is 78.1 Å². The largest absolute Gasteiger partial charge is 0.356 e. The Bertz CT molecular complexity index is 359. The van der Waals surface area contributed by atoms with Crippen LogP contribution in [0.5, 0.6) is 0 Å². The topological polar surface area (TPSA) is 87.3 Å². The Morgan fingerprint density at radius 2 is 1.04 bits per heavy atom. The molecule has 0 heterocycles. The molecule has 0 saturated heterocycles. The van der Waals surface area contributed by atoms with Gasteiger partial charge in [0.25, 0.3) is 0 Å². The van der Waals surface area contributed by atoms with Crippen LogP contribution in [-0.2, 0) is 14.4 Å². The van der Waals surface area contributed by atoms with Gasteiger partial charge in [-0.15, -0.1) is 0 Å². The summed E-state index contributed by atoms with van der Waals surface area (Å²) in [6.45, 7) is 6.04. The lowest BCUT2D eigenvalue weighted by atomic mass is 10.1. The number of hydrogen-bond acceptors (Lipinski definition) is 3. The number of unbranched alkanes of at least 4 members (excludes halogenated alkanes) is 4. The standard InChI is InChI=1S/C18H35N3O3/c1-3-13-19-17(23)11-7-8-12-18(24)21-15-10-6-5-9-14-20-16(22)4-2/h3-15H2,1-2H3,(H,19,23)(H,20,22)(H,21,24). The first-order valence-corrected chi connectivity index (χ1v) is 9.40. The van der Waals surface area contributed by atoms with E-state index in [0.717, 1.165) is 58.0 Å². The van der Waals surface area contributed by atoms with Gasteiger partial charge in [0.2, 0.25) is 17.7 Å². The minimum absolute atomic E-state index is 0.0687. The first kappa shape index (κ1) is 22.4. The van der Waals surface area contributed by atoms with Crippen molar-refractivity contribution >= 4 is 17.7 Å². The Labute approximate surface area is 146 Å². The van der Waals surface area contributed by atoms with Crippen LogP contribution in [0.25, 0.3) is 0 Å². The minimum atomic E-state index is 0.0687. The maximum absolute atomic E-state index is 11.6. The fraction of sp³-hybridized carbons (Fsp3) is 0.833. The molecule has 3 amide bonds. The smallest absolute Gasteiger partial charge is 0.219 e. The van der Waals surface area contributed by atoms with Gasteiger partial charge in [0.1, 0.15) is 0 Å². The molecule has 6 heteroatoms. The lowest BCUT2D eigenvalue weighted by molar-refractivity contribution is -0.123. The van der Waals surface area contributed by atoms with E-state index in [0.29, 0.717) is 25.8 Å². The van der Waals surface area contributed by atoms with Gasteiger partial charge >= 0.3 is 0 Å². The van der Waals surface area contributed by atoms with E-state index in [1.54, 1.807) is 0 Å². The van der Waals surface area contributed by atoms with Crippen molar-refractivity contribution < 1.29 is 14.4 Å². The van der Waals surface area contributed by atoms with E-state index >= 15 is 0 Å². The van der Waals surface area contributed by atoms with E-state index in [4.69, 9.17) is 0 Å². The number of hydrogen-bond donors (Lipinski definition) is 3. The molecule has 0 rings (SSSR count). The SMILES string of the molecule is CCCNC(=O)CCCCC(=O)NCCCCCCNC(=O)CC. The molecule has 0 aliphatic carbocycles. The van der Waals surface area contributed by atoms with E-state index in [1.165, 1.54) is 0 Å². The summed E-state index contributed by atoms with van der Waals surface area (Å²) in [6, 6.07) is 0. The molecule has 0 aromatic heterocycles. The van der Waals surface area contributed by atoms with Crippen LogP contribution in [0.15, 0.2) is 0 Å². The summed E-state index contributed by atoms with van der Waals surface area (Å²) in [5.41, 5.74) is 0. The van der Waals surface area contributed by atoms with Crippen molar-refractivity contribution in [2.24, 2.45) is 0 Å². The van der Waals surface area contributed by atoms with E-state index in [1.807, 2.05) is 13.8 Å².